The van der Waals surface area contributed by atoms with E-state index < -0.39 is 0 Å². The standard InChI is InChI=1S/C17H15ClN4/c1-12-6-8-13(9-7-12)16-11-20-17(19)22(16)21-10-14-4-2-3-5-15(14)18/h2-11H,1H3,(H2,19,20). The summed E-state index contributed by atoms with van der Waals surface area (Å²) in [6.07, 6.45) is 3.39. The van der Waals surface area contributed by atoms with Gasteiger partial charge in [0, 0.05) is 16.1 Å². The first kappa shape index (κ1) is 14.4. The number of halogens is 1. The second kappa shape index (κ2) is 6.03. The zero-order valence-corrected chi connectivity index (χ0v) is 12.8. The van der Waals surface area contributed by atoms with Crippen molar-refractivity contribution in [2.24, 2.45) is 5.10 Å². The summed E-state index contributed by atoms with van der Waals surface area (Å²) < 4.78 is 1.61. The second-order valence-electron chi connectivity index (χ2n) is 4.95. The van der Waals surface area contributed by atoms with Crippen molar-refractivity contribution in [3.8, 4) is 11.3 Å². The molecule has 0 saturated carbocycles. The highest BCUT2D eigenvalue weighted by molar-refractivity contribution is 6.33. The molecular weight excluding hydrogens is 296 g/mol. The average molecular weight is 311 g/mol. The van der Waals surface area contributed by atoms with Crippen LogP contribution in [0.15, 0.2) is 59.8 Å². The minimum Gasteiger partial charge on any atom is -0.368 e. The molecule has 1 heterocycles. The summed E-state index contributed by atoms with van der Waals surface area (Å²) in [7, 11) is 0. The van der Waals surface area contributed by atoms with Crippen molar-refractivity contribution < 1.29 is 0 Å². The van der Waals surface area contributed by atoms with Gasteiger partial charge in [-0.2, -0.15) is 9.78 Å². The summed E-state index contributed by atoms with van der Waals surface area (Å²) in [5.41, 5.74) is 9.78. The topological polar surface area (TPSA) is 56.2 Å². The smallest absolute Gasteiger partial charge is 0.221 e. The zero-order chi connectivity index (χ0) is 15.5. The Morgan fingerprint density at radius 1 is 1.14 bits per heavy atom. The van der Waals surface area contributed by atoms with Crippen molar-refractivity contribution in [1.29, 1.82) is 0 Å². The lowest BCUT2D eigenvalue weighted by Crippen LogP contribution is -2.00. The number of anilines is 1. The van der Waals surface area contributed by atoms with Crippen LogP contribution in [0.5, 0.6) is 0 Å². The summed E-state index contributed by atoms with van der Waals surface area (Å²) >= 11 is 6.13. The van der Waals surface area contributed by atoms with E-state index in [1.807, 2.05) is 55.5 Å². The van der Waals surface area contributed by atoms with Gasteiger partial charge in [0.25, 0.3) is 0 Å². The largest absolute Gasteiger partial charge is 0.368 e. The third-order valence-corrected chi connectivity index (χ3v) is 3.67. The van der Waals surface area contributed by atoms with Crippen LogP contribution in [-0.4, -0.2) is 15.9 Å². The normalized spacial score (nSPS) is 11.2. The van der Waals surface area contributed by atoms with Gasteiger partial charge in [-0.05, 0) is 13.0 Å². The fourth-order valence-corrected chi connectivity index (χ4v) is 2.29. The lowest BCUT2D eigenvalue weighted by atomic mass is 10.1. The first-order chi connectivity index (χ1) is 10.6. The molecular formula is C17H15ClN4. The van der Waals surface area contributed by atoms with E-state index in [0.717, 1.165) is 16.8 Å². The molecule has 5 heteroatoms. The van der Waals surface area contributed by atoms with Crippen LogP contribution in [0.2, 0.25) is 5.02 Å². The Balaban J connectivity index is 2.00. The molecule has 0 unspecified atom stereocenters. The Hall–Kier alpha value is -2.59. The fraction of sp³-hybridized carbons (Fsp3) is 0.0588. The van der Waals surface area contributed by atoms with Crippen molar-refractivity contribution in [1.82, 2.24) is 9.66 Å². The van der Waals surface area contributed by atoms with Gasteiger partial charge in [-0.3, -0.25) is 0 Å². The summed E-state index contributed by atoms with van der Waals surface area (Å²) in [5.74, 6) is 0.332. The molecule has 0 saturated heterocycles. The molecule has 2 N–H and O–H groups in total. The number of hydrogen-bond donors (Lipinski definition) is 1. The van der Waals surface area contributed by atoms with E-state index in [9.17, 15) is 0 Å². The van der Waals surface area contributed by atoms with E-state index in [-0.39, 0.29) is 0 Å². The fourth-order valence-electron chi connectivity index (χ4n) is 2.10. The maximum atomic E-state index is 6.13. The van der Waals surface area contributed by atoms with Gasteiger partial charge < -0.3 is 5.73 Å². The van der Waals surface area contributed by atoms with Gasteiger partial charge in [-0.25, -0.2) is 4.98 Å². The number of aryl methyl sites for hydroxylation is 1. The highest BCUT2D eigenvalue weighted by atomic mass is 35.5. The summed E-state index contributed by atoms with van der Waals surface area (Å²) in [5, 5.41) is 5.06. The van der Waals surface area contributed by atoms with E-state index in [1.165, 1.54) is 5.56 Å². The monoisotopic (exact) mass is 310 g/mol. The molecule has 4 nitrogen and oxygen atoms in total. The first-order valence-corrected chi connectivity index (χ1v) is 7.22. The van der Waals surface area contributed by atoms with Crippen LogP contribution in [0.1, 0.15) is 11.1 Å². The number of nitrogens with two attached hydrogens (primary N) is 1. The van der Waals surface area contributed by atoms with E-state index in [0.29, 0.717) is 11.0 Å². The van der Waals surface area contributed by atoms with Crippen LogP contribution >= 0.6 is 11.6 Å². The molecule has 0 aliphatic carbocycles. The number of rotatable bonds is 3. The second-order valence-corrected chi connectivity index (χ2v) is 5.35. The molecule has 0 atom stereocenters. The average Bonchev–Trinajstić information content (AvgIpc) is 2.88. The van der Waals surface area contributed by atoms with Gasteiger partial charge in [0.05, 0.1) is 18.1 Å². The highest BCUT2D eigenvalue weighted by Gasteiger charge is 2.08. The van der Waals surface area contributed by atoms with Crippen molar-refractivity contribution in [3.05, 3.63) is 70.9 Å². The third kappa shape index (κ3) is 2.87. The Morgan fingerprint density at radius 3 is 2.59 bits per heavy atom. The molecule has 22 heavy (non-hydrogen) atoms. The van der Waals surface area contributed by atoms with Gasteiger partial charge in [-0.15, -0.1) is 0 Å². The van der Waals surface area contributed by atoms with Crippen LogP contribution < -0.4 is 5.73 Å². The minimum atomic E-state index is 0.332. The molecule has 0 amide bonds. The molecule has 0 aliphatic heterocycles. The van der Waals surface area contributed by atoms with Crippen LogP contribution in [0, 0.1) is 6.92 Å². The van der Waals surface area contributed by atoms with Crippen molar-refractivity contribution in [3.63, 3.8) is 0 Å². The predicted octanol–water partition coefficient (Wildman–Crippen LogP) is 3.98. The van der Waals surface area contributed by atoms with E-state index >= 15 is 0 Å². The molecule has 0 radical (unpaired) electrons. The molecule has 3 rings (SSSR count). The SMILES string of the molecule is Cc1ccc(-c2cnc(N)n2N=Cc2ccccc2Cl)cc1. The van der Waals surface area contributed by atoms with Gasteiger partial charge in [0.1, 0.15) is 0 Å². The van der Waals surface area contributed by atoms with E-state index in [2.05, 4.69) is 10.1 Å². The van der Waals surface area contributed by atoms with Gasteiger partial charge >= 0.3 is 0 Å². The number of imidazole rings is 1. The molecule has 3 aromatic rings. The molecule has 0 fully saturated rings. The molecule has 0 bridgehead atoms. The molecule has 1 aromatic heterocycles. The summed E-state index contributed by atoms with van der Waals surface area (Å²) in [6.45, 7) is 2.05. The molecule has 0 aliphatic rings. The van der Waals surface area contributed by atoms with Crippen LogP contribution in [0.3, 0.4) is 0 Å². The molecule has 0 spiro atoms. The molecule has 2 aromatic carbocycles. The number of nitrogen functional groups attached to an aromatic ring is 1. The van der Waals surface area contributed by atoms with Crippen LogP contribution in [-0.2, 0) is 0 Å². The Labute approximate surface area is 133 Å². The van der Waals surface area contributed by atoms with Gasteiger partial charge in [0.15, 0.2) is 0 Å². The Kier molecular flexibility index (Phi) is 3.94. The van der Waals surface area contributed by atoms with Crippen molar-refractivity contribution >= 4 is 23.8 Å². The first-order valence-electron chi connectivity index (χ1n) is 6.84. The maximum Gasteiger partial charge on any atom is 0.221 e. The van der Waals surface area contributed by atoms with Crippen molar-refractivity contribution in [2.45, 2.75) is 6.92 Å². The lowest BCUT2D eigenvalue weighted by Gasteiger charge is -2.05. The maximum absolute atomic E-state index is 6.13. The number of aromatic nitrogens is 2. The Bertz CT molecular complexity index is 819. The highest BCUT2D eigenvalue weighted by Crippen LogP contribution is 2.22. The number of nitrogens with zero attached hydrogens (tertiary/aromatic N) is 3. The van der Waals surface area contributed by atoms with Crippen LogP contribution in [0.4, 0.5) is 5.95 Å². The number of hydrogen-bond acceptors (Lipinski definition) is 3. The summed E-state index contributed by atoms with van der Waals surface area (Å²) in [6, 6.07) is 15.6. The van der Waals surface area contributed by atoms with Gasteiger partial charge in [0.2, 0.25) is 5.95 Å². The predicted molar refractivity (Wildman–Crippen MR) is 91.3 cm³/mol. The lowest BCUT2D eigenvalue weighted by molar-refractivity contribution is 0.906. The summed E-state index contributed by atoms with van der Waals surface area (Å²) in [4.78, 5) is 4.14. The third-order valence-electron chi connectivity index (χ3n) is 3.33. The minimum absolute atomic E-state index is 0.332. The Morgan fingerprint density at radius 2 is 1.86 bits per heavy atom. The quantitative estimate of drug-likeness (QED) is 0.744. The van der Waals surface area contributed by atoms with Crippen LogP contribution in [0.25, 0.3) is 11.3 Å². The molecule has 110 valence electrons. The zero-order valence-electron chi connectivity index (χ0n) is 12.1. The van der Waals surface area contributed by atoms with E-state index in [4.69, 9.17) is 17.3 Å². The van der Waals surface area contributed by atoms with Crippen molar-refractivity contribution in [2.75, 3.05) is 5.73 Å². The van der Waals surface area contributed by atoms with E-state index in [1.54, 1.807) is 17.1 Å². The number of benzene rings is 2. The van der Waals surface area contributed by atoms with Gasteiger partial charge in [-0.1, -0.05) is 59.6 Å².